The van der Waals surface area contributed by atoms with E-state index in [9.17, 15) is 8.78 Å². The standard InChI is InChI=1S/C18H22F2N2/c1-13(10-15-7-8-17(19)18(20)12-15)22-9-3-5-14-4-2-6-16(21)11-14/h2,4,6-8,11-13,22H,3,5,9-10,21H2,1H3. The Morgan fingerprint density at radius 3 is 2.59 bits per heavy atom. The Morgan fingerprint density at radius 1 is 1.05 bits per heavy atom. The highest BCUT2D eigenvalue weighted by Gasteiger charge is 2.06. The van der Waals surface area contributed by atoms with Crippen molar-refractivity contribution in [3.05, 3.63) is 65.2 Å². The monoisotopic (exact) mass is 304 g/mol. The number of benzene rings is 2. The van der Waals surface area contributed by atoms with Crippen molar-refractivity contribution < 1.29 is 8.78 Å². The number of hydrogen-bond donors (Lipinski definition) is 2. The lowest BCUT2D eigenvalue weighted by molar-refractivity contribution is 0.501. The zero-order chi connectivity index (χ0) is 15.9. The summed E-state index contributed by atoms with van der Waals surface area (Å²) in [7, 11) is 0. The molecule has 0 aliphatic heterocycles. The van der Waals surface area contributed by atoms with E-state index in [0.717, 1.165) is 30.6 Å². The first-order valence-electron chi connectivity index (χ1n) is 7.56. The van der Waals surface area contributed by atoms with E-state index >= 15 is 0 Å². The summed E-state index contributed by atoms with van der Waals surface area (Å²) in [5.74, 6) is -1.59. The summed E-state index contributed by atoms with van der Waals surface area (Å²) >= 11 is 0. The minimum absolute atomic E-state index is 0.214. The lowest BCUT2D eigenvalue weighted by Crippen LogP contribution is -2.29. The summed E-state index contributed by atoms with van der Waals surface area (Å²) in [5, 5.41) is 3.40. The van der Waals surface area contributed by atoms with Gasteiger partial charge < -0.3 is 11.1 Å². The van der Waals surface area contributed by atoms with Gasteiger partial charge in [0.1, 0.15) is 0 Å². The minimum atomic E-state index is -0.800. The molecule has 0 amide bonds. The van der Waals surface area contributed by atoms with Crippen molar-refractivity contribution >= 4 is 5.69 Å². The zero-order valence-electron chi connectivity index (χ0n) is 12.8. The molecular weight excluding hydrogens is 282 g/mol. The van der Waals surface area contributed by atoms with E-state index in [4.69, 9.17) is 5.73 Å². The Labute approximate surface area is 130 Å². The molecule has 0 aliphatic rings. The molecule has 1 atom stereocenters. The molecule has 0 fully saturated rings. The number of nitrogen functional groups attached to an aromatic ring is 1. The van der Waals surface area contributed by atoms with Gasteiger partial charge in [0.2, 0.25) is 0 Å². The van der Waals surface area contributed by atoms with Crippen LogP contribution in [-0.2, 0) is 12.8 Å². The number of rotatable bonds is 7. The van der Waals surface area contributed by atoms with Gasteiger partial charge in [-0.2, -0.15) is 0 Å². The van der Waals surface area contributed by atoms with Gasteiger partial charge in [0.15, 0.2) is 11.6 Å². The minimum Gasteiger partial charge on any atom is -0.399 e. The summed E-state index contributed by atoms with van der Waals surface area (Å²) in [5.41, 5.74) is 8.57. The largest absolute Gasteiger partial charge is 0.399 e. The third kappa shape index (κ3) is 5.11. The van der Waals surface area contributed by atoms with Crippen LogP contribution in [0.2, 0.25) is 0 Å². The van der Waals surface area contributed by atoms with Crippen molar-refractivity contribution in [3.8, 4) is 0 Å². The van der Waals surface area contributed by atoms with Crippen LogP contribution < -0.4 is 11.1 Å². The third-order valence-electron chi connectivity index (χ3n) is 3.61. The van der Waals surface area contributed by atoms with Crippen LogP contribution in [0.15, 0.2) is 42.5 Å². The van der Waals surface area contributed by atoms with Crippen LogP contribution in [0.1, 0.15) is 24.5 Å². The molecule has 2 aromatic carbocycles. The van der Waals surface area contributed by atoms with Crippen molar-refractivity contribution in [2.75, 3.05) is 12.3 Å². The van der Waals surface area contributed by atoms with Crippen molar-refractivity contribution in [2.45, 2.75) is 32.2 Å². The van der Waals surface area contributed by atoms with Gasteiger partial charge in [-0.1, -0.05) is 18.2 Å². The molecule has 118 valence electrons. The normalized spacial score (nSPS) is 12.3. The smallest absolute Gasteiger partial charge is 0.159 e. The highest BCUT2D eigenvalue weighted by molar-refractivity contribution is 5.40. The maximum absolute atomic E-state index is 13.2. The fraction of sp³-hybridized carbons (Fsp3) is 0.333. The van der Waals surface area contributed by atoms with Gasteiger partial charge in [-0.25, -0.2) is 8.78 Å². The molecular formula is C18H22F2N2. The van der Waals surface area contributed by atoms with Crippen molar-refractivity contribution in [3.63, 3.8) is 0 Å². The number of hydrogen-bond acceptors (Lipinski definition) is 2. The van der Waals surface area contributed by atoms with E-state index in [2.05, 4.69) is 11.4 Å². The van der Waals surface area contributed by atoms with Gasteiger partial charge in [0.05, 0.1) is 0 Å². The lowest BCUT2D eigenvalue weighted by atomic mass is 10.1. The molecule has 0 heterocycles. The summed E-state index contributed by atoms with van der Waals surface area (Å²) in [6.07, 6.45) is 2.65. The number of nitrogens with one attached hydrogen (secondary N) is 1. The van der Waals surface area contributed by atoms with Gasteiger partial charge >= 0.3 is 0 Å². The van der Waals surface area contributed by atoms with E-state index in [-0.39, 0.29) is 6.04 Å². The zero-order valence-corrected chi connectivity index (χ0v) is 12.8. The average molecular weight is 304 g/mol. The Kier molecular flexibility index (Phi) is 5.90. The molecule has 2 aromatic rings. The average Bonchev–Trinajstić information content (AvgIpc) is 2.48. The maximum Gasteiger partial charge on any atom is 0.159 e. The SMILES string of the molecule is CC(Cc1ccc(F)c(F)c1)NCCCc1cccc(N)c1. The fourth-order valence-electron chi connectivity index (χ4n) is 2.48. The fourth-order valence-corrected chi connectivity index (χ4v) is 2.48. The third-order valence-corrected chi connectivity index (χ3v) is 3.61. The van der Waals surface area contributed by atoms with Crippen LogP contribution in [-0.4, -0.2) is 12.6 Å². The van der Waals surface area contributed by atoms with Crippen LogP contribution >= 0.6 is 0 Å². The van der Waals surface area contributed by atoms with Crippen LogP contribution in [0, 0.1) is 11.6 Å². The molecule has 0 spiro atoms. The van der Waals surface area contributed by atoms with E-state index in [1.54, 1.807) is 6.07 Å². The Hall–Kier alpha value is -1.94. The Balaban J connectivity index is 1.71. The number of aryl methyl sites for hydroxylation is 1. The first-order chi connectivity index (χ1) is 10.5. The molecule has 0 saturated heterocycles. The molecule has 22 heavy (non-hydrogen) atoms. The molecule has 2 rings (SSSR count). The highest BCUT2D eigenvalue weighted by Crippen LogP contribution is 2.11. The number of anilines is 1. The molecule has 1 unspecified atom stereocenters. The molecule has 3 N–H and O–H groups in total. The highest BCUT2D eigenvalue weighted by atomic mass is 19.2. The van der Waals surface area contributed by atoms with Gasteiger partial charge in [0.25, 0.3) is 0 Å². The molecule has 2 nitrogen and oxygen atoms in total. The van der Waals surface area contributed by atoms with Crippen LogP contribution in [0.5, 0.6) is 0 Å². The molecule has 4 heteroatoms. The second-order valence-corrected chi connectivity index (χ2v) is 5.66. The topological polar surface area (TPSA) is 38.0 Å². The van der Waals surface area contributed by atoms with Crippen molar-refractivity contribution in [1.29, 1.82) is 0 Å². The van der Waals surface area contributed by atoms with E-state index in [1.807, 2.05) is 25.1 Å². The van der Waals surface area contributed by atoms with Crippen LogP contribution in [0.4, 0.5) is 14.5 Å². The molecule has 0 radical (unpaired) electrons. The Bertz CT molecular complexity index is 614. The summed E-state index contributed by atoms with van der Waals surface area (Å²) < 4.78 is 26.0. The van der Waals surface area contributed by atoms with Crippen molar-refractivity contribution in [1.82, 2.24) is 5.32 Å². The van der Waals surface area contributed by atoms with E-state index in [0.29, 0.717) is 6.42 Å². The molecule has 0 aliphatic carbocycles. The molecule has 0 bridgehead atoms. The Morgan fingerprint density at radius 2 is 1.86 bits per heavy atom. The quantitative estimate of drug-likeness (QED) is 0.604. The van der Waals surface area contributed by atoms with Gasteiger partial charge in [-0.15, -0.1) is 0 Å². The second-order valence-electron chi connectivity index (χ2n) is 5.66. The molecule has 0 saturated carbocycles. The van der Waals surface area contributed by atoms with E-state index < -0.39 is 11.6 Å². The first kappa shape index (κ1) is 16.4. The summed E-state index contributed by atoms with van der Waals surface area (Å²) in [4.78, 5) is 0. The number of nitrogens with two attached hydrogens (primary N) is 1. The first-order valence-corrected chi connectivity index (χ1v) is 7.56. The van der Waals surface area contributed by atoms with Gasteiger partial charge in [-0.3, -0.25) is 0 Å². The van der Waals surface area contributed by atoms with E-state index in [1.165, 1.54) is 17.7 Å². The lowest BCUT2D eigenvalue weighted by Gasteiger charge is -2.14. The van der Waals surface area contributed by atoms with Gasteiger partial charge in [0, 0.05) is 11.7 Å². The predicted octanol–water partition coefficient (Wildman–Crippen LogP) is 3.70. The van der Waals surface area contributed by atoms with Crippen LogP contribution in [0.3, 0.4) is 0 Å². The second kappa shape index (κ2) is 7.90. The van der Waals surface area contributed by atoms with Gasteiger partial charge in [-0.05, 0) is 68.1 Å². The van der Waals surface area contributed by atoms with Crippen LogP contribution in [0.25, 0.3) is 0 Å². The summed E-state index contributed by atoms with van der Waals surface area (Å²) in [6, 6.07) is 12.2. The maximum atomic E-state index is 13.2. The molecule has 0 aromatic heterocycles. The number of halogens is 2. The predicted molar refractivity (Wildman–Crippen MR) is 86.7 cm³/mol. The summed E-state index contributed by atoms with van der Waals surface area (Å²) in [6.45, 7) is 2.92. The van der Waals surface area contributed by atoms with Crippen molar-refractivity contribution in [2.24, 2.45) is 0 Å².